The van der Waals surface area contributed by atoms with Gasteiger partial charge in [-0.05, 0) is 39.1 Å². The van der Waals surface area contributed by atoms with Crippen molar-refractivity contribution >= 4 is 29.5 Å². The SMILES string of the molecule is C/C=C/F.C=CNC1CSc2nc(SCC(=O)OCC)n(C)c(=O)c21.Cc1ccc(F)cc1. The number of carbonyl (C=O) groups excluding carboxylic acids is 1. The maximum absolute atomic E-state index is 12.4. The van der Waals surface area contributed by atoms with Crippen LogP contribution in [0.15, 0.2) is 64.4 Å². The summed E-state index contributed by atoms with van der Waals surface area (Å²) in [5.74, 6) is 0.410. The van der Waals surface area contributed by atoms with Crippen molar-refractivity contribution in [2.75, 3.05) is 18.1 Å². The third kappa shape index (κ3) is 9.43. The molecule has 1 atom stereocenters. The van der Waals surface area contributed by atoms with Crippen LogP contribution in [0.2, 0.25) is 0 Å². The molecule has 0 fully saturated rings. The lowest BCUT2D eigenvalue weighted by Crippen LogP contribution is -2.29. The molecule has 1 aromatic carbocycles. The molecule has 0 aliphatic carbocycles. The third-order valence-corrected chi connectivity index (χ3v) is 6.15. The van der Waals surface area contributed by atoms with E-state index in [1.807, 2.05) is 6.92 Å². The first-order valence-electron chi connectivity index (χ1n) is 10.1. The highest BCUT2D eigenvalue weighted by Crippen LogP contribution is 2.35. The molecule has 180 valence electrons. The number of halogens is 2. The van der Waals surface area contributed by atoms with Gasteiger partial charge >= 0.3 is 5.97 Å². The van der Waals surface area contributed by atoms with Crippen LogP contribution >= 0.6 is 23.5 Å². The molecule has 0 radical (unpaired) electrons. The number of ether oxygens (including phenoxy) is 1. The topological polar surface area (TPSA) is 73.2 Å². The van der Waals surface area contributed by atoms with Gasteiger partial charge in [0.1, 0.15) is 10.8 Å². The van der Waals surface area contributed by atoms with Crippen LogP contribution in [0.25, 0.3) is 0 Å². The van der Waals surface area contributed by atoms with E-state index < -0.39 is 0 Å². The van der Waals surface area contributed by atoms with E-state index in [4.69, 9.17) is 4.74 Å². The summed E-state index contributed by atoms with van der Waals surface area (Å²) in [6.45, 7) is 9.29. The minimum Gasteiger partial charge on any atom is -0.465 e. The van der Waals surface area contributed by atoms with Crippen LogP contribution in [0.4, 0.5) is 8.78 Å². The predicted molar refractivity (Wildman–Crippen MR) is 131 cm³/mol. The van der Waals surface area contributed by atoms with Crippen LogP contribution in [0.3, 0.4) is 0 Å². The monoisotopic (exact) mass is 497 g/mol. The average Bonchev–Trinajstić information content (AvgIpc) is 3.21. The molecular formula is C23H29F2N3O3S2. The number of carbonyl (C=O) groups is 1. The van der Waals surface area contributed by atoms with E-state index in [-0.39, 0.29) is 29.1 Å². The second kappa shape index (κ2) is 15.3. The summed E-state index contributed by atoms with van der Waals surface area (Å²) >= 11 is 2.75. The Bertz CT molecular complexity index is 971. The molecule has 1 N–H and O–H groups in total. The first-order chi connectivity index (χ1) is 15.8. The molecule has 2 aromatic rings. The fourth-order valence-electron chi connectivity index (χ4n) is 2.50. The van der Waals surface area contributed by atoms with Gasteiger partial charge in [0, 0.05) is 12.8 Å². The zero-order valence-corrected chi connectivity index (χ0v) is 20.8. The zero-order valence-electron chi connectivity index (χ0n) is 19.1. The fourth-order valence-corrected chi connectivity index (χ4v) is 4.44. The van der Waals surface area contributed by atoms with E-state index in [9.17, 15) is 18.4 Å². The van der Waals surface area contributed by atoms with Gasteiger partial charge in [-0.25, -0.2) is 13.8 Å². The Morgan fingerprint density at radius 2 is 2.06 bits per heavy atom. The molecule has 0 saturated heterocycles. The molecule has 1 unspecified atom stereocenters. The molecule has 2 heterocycles. The molecule has 0 spiro atoms. The van der Waals surface area contributed by atoms with E-state index in [0.29, 0.717) is 23.7 Å². The minimum atomic E-state index is -0.309. The highest BCUT2D eigenvalue weighted by atomic mass is 32.2. The van der Waals surface area contributed by atoms with Gasteiger partial charge in [-0.1, -0.05) is 42.1 Å². The maximum Gasteiger partial charge on any atom is 0.316 e. The molecule has 6 nitrogen and oxygen atoms in total. The molecule has 0 bridgehead atoms. The van der Waals surface area contributed by atoms with Crippen molar-refractivity contribution in [1.82, 2.24) is 14.9 Å². The first kappa shape index (κ1) is 28.4. The predicted octanol–water partition coefficient (Wildman–Crippen LogP) is 4.94. The summed E-state index contributed by atoms with van der Waals surface area (Å²) in [5, 5.41) is 4.32. The number of fused-ring (bicyclic) bond motifs is 1. The van der Waals surface area contributed by atoms with E-state index in [2.05, 4.69) is 16.9 Å². The Kier molecular flexibility index (Phi) is 13.2. The smallest absolute Gasteiger partial charge is 0.316 e. The Labute approximate surface area is 201 Å². The summed E-state index contributed by atoms with van der Waals surface area (Å²) in [4.78, 5) is 28.3. The first-order valence-corrected chi connectivity index (χ1v) is 12.1. The van der Waals surface area contributed by atoms with E-state index in [1.165, 1.54) is 46.3 Å². The van der Waals surface area contributed by atoms with Crippen molar-refractivity contribution in [1.29, 1.82) is 0 Å². The van der Waals surface area contributed by atoms with Gasteiger partial charge in [0.15, 0.2) is 5.16 Å². The van der Waals surface area contributed by atoms with E-state index >= 15 is 0 Å². The highest BCUT2D eigenvalue weighted by molar-refractivity contribution is 8.00. The fraction of sp³-hybridized carbons (Fsp3) is 0.348. The summed E-state index contributed by atoms with van der Waals surface area (Å²) in [6.07, 6.45) is 3.42. The molecule has 0 amide bonds. The quantitative estimate of drug-likeness (QED) is 0.262. The lowest BCUT2D eigenvalue weighted by atomic mass is 10.2. The Morgan fingerprint density at radius 1 is 1.42 bits per heavy atom. The Balaban J connectivity index is 0.000000372. The van der Waals surface area contributed by atoms with Gasteiger partial charge in [0.2, 0.25) is 0 Å². The van der Waals surface area contributed by atoms with Crippen LogP contribution in [0.5, 0.6) is 0 Å². The molecule has 0 saturated carbocycles. The number of benzene rings is 1. The van der Waals surface area contributed by atoms with Crippen LogP contribution in [0.1, 0.15) is 31.0 Å². The Hall–Kier alpha value is -2.59. The number of nitrogens with zero attached hydrogens (tertiary/aromatic N) is 2. The molecule has 1 aliphatic heterocycles. The highest BCUT2D eigenvalue weighted by Gasteiger charge is 2.29. The second-order valence-corrected chi connectivity index (χ2v) is 8.51. The number of esters is 1. The second-order valence-electron chi connectivity index (χ2n) is 6.56. The molecule has 1 aliphatic rings. The van der Waals surface area contributed by atoms with Gasteiger partial charge in [-0.3, -0.25) is 14.2 Å². The molecule has 3 rings (SSSR count). The number of hydrogen-bond acceptors (Lipinski definition) is 7. The zero-order chi connectivity index (χ0) is 24.8. The normalized spacial score (nSPS) is 13.8. The molecule has 33 heavy (non-hydrogen) atoms. The standard InChI is InChI=1S/C13H17N3O3S2.C7H7F.C3H5F/c1-4-14-8-6-20-11-10(8)12(18)16(3)13(15-11)21-7-9(17)19-5-2;1-6-2-4-7(8)5-3-6;1-2-3-4/h4,8,14H,1,5-7H2,2-3H3;2-5H,1H3;2-3H,1H3/b;;3-2+. The van der Waals surface area contributed by atoms with Crippen LogP contribution in [-0.2, 0) is 16.6 Å². The number of thioether (sulfide) groups is 2. The van der Waals surface area contributed by atoms with Gasteiger partial charge in [0.05, 0.1) is 30.3 Å². The lowest BCUT2D eigenvalue weighted by Gasteiger charge is -2.12. The number of rotatable bonds is 6. The van der Waals surface area contributed by atoms with Crippen molar-refractivity contribution < 1.29 is 18.3 Å². The van der Waals surface area contributed by atoms with Crippen LogP contribution in [0, 0.1) is 12.7 Å². The van der Waals surface area contributed by atoms with Crippen molar-refractivity contribution in [3.63, 3.8) is 0 Å². The number of allylic oxidation sites excluding steroid dienone is 1. The largest absolute Gasteiger partial charge is 0.465 e. The van der Waals surface area contributed by atoms with Crippen LogP contribution in [-0.4, -0.2) is 33.6 Å². The van der Waals surface area contributed by atoms with Crippen molar-refractivity contribution in [3.05, 3.63) is 76.7 Å². The summed E-state index contributed by atoms with van der Waals surface area (Å²) in [6, 6.07) is 6.34. The Morgan fingerprint density at radius 3 is 2.58 bits per heavy atom. The van der Waals surface area contributed by atoms with Gasteiger partial charge in [-0.15, -0.1) is 11.8 Å². The number of aromatic nitrogens is 2. The van der Waals surface area contributed by atoms with Gasteiger partial charge in [-0.2, -0.15) is 0 Å². The minimum absolute atomic E-state index is 0.0576. The molecule has 1 aromatic heterocycles. The van der Waals surface area contributed by atoms with E-state index in [0.717, 1.165) is 16.3 Å². The number of hydrogen-bond donors (Lipinski definition) is 1. The molecule has 10 heteroatoms. The summed E-state index contributed by atoms with van der Waals surface area (Å²) in [5.41, 5.74) is 1.67. The number of nitrogens with one attached hydrogen (secondary N) is 1. The van der Waals surface area contributed by atoms with Gasteiger partial charge in [0.25, 0.3) is 5.56 Å². The van der Waals surface area contributed by atoms with Crippen molar-refractivity contribution in [2.45, 2.75) is 37.0 Å². The summed E-state index contributed by atoms with van der Waals surface area (Å²) < 4.78 is 29.0. The number of aryl methyl sites for hydroxylation is 1. The lowest BCUT2D eigenvalue weighted by molar-refractivity contribution is -0.139. The van der Waals surface area contributed by atoms with Crippen molar-refractivity contribution in [2.24, 2.45) is 7.05 Å². The maximum atomic E-state index is 12.4. The molecular weight excluding hydrogens is 468 g/mol. The van der Waals surface area contributed by atoms with Crippen LogP contribution < -0.4 is 10.9 Å². The van der Waals surface area contributed by atoms with Crippen molar-refractivity contribution in [3.8, 4) is 0 Å². The van der Waals surface area contributed by atoms with Gasteiger partial charge < -0.3 is 10.1 Å². The summed E-state index contributed by atoms with van der Waals surface area (Å²) in [7, 11) is 1.66. The van der Waals surface area contributed by atoms with E-state index in [1.54, 1.807) is 39.2 Å². The third-order valence-electron chi connectivity index (χ3n) is 4.07. The average molecular weight is 498 g/mol.